The number of aromatic nitrogens is 1. The van der Waals surface area contributed by atoms with E-state index in [9.17, 15) is 14.4 Å². The highest BCUT2D eigenvalue weighted by Crippen LogP contribution is 2.27. The average molecular weight is 431 g/mol. The van der Waals surface area contributed by atoms with E-state index in [2.05, 4.69) is 20.9 Å². The molecule has 2 rings (SSSR count). The van der Waals surface area contributed by atoms with E-state index in [1.165, 1.54) is 6.92 Å². The molecule has 162 valence electrons. The smallest absolute Gasteiger partial charge is 0.267 e. The van der Waals surface area contributed by atoms with Crippen molar-refractivity contribution in [3.63, 3.8) is 0 Å². The highest BCUT2D eigenvalue weighted by molar-refractivity contribution is 7.17. The van der Waals surface area contributed by atoms with Crippen molar-refractivity contribution in [3.05, 3.63) is 39.4 Å². The van der Waals surface area contributed by atoms with Crippen molar-refractivity contribution in [2.24, 2.45) is 0 Å². The molecule has 0 aliphatic rings. The number of carbonyl (C=O) groups is 3. The molecule has 1 atom stereocenters. The summed E-state index contributed by atoms with van der Waals surface area (Å²) in [6.45, 7) is 11.1. The molecule has 1 aromatic heterocycles. The van der Waals surface area contributed by atoms with Gasteiger partial charge in [-0.1, -0.05) is 48.8 Å². The molecule has 1 heterocycles. The summed E-state index contributed by atoms with van der Waals surface area (Å²) in [6, 6.07) is 3.42. The van der Waals surface area contributed by atoms with Crippen LogP contribution in [-0.2, 0) is 9.59 Å². The fourth-order valence-corrected chi connectivity index (χ4v) is 4.19. The third-order valence-electron chi connectivity index (χ3n) is 4.69. The Bertz CT molecular complexity index is 929. The zero-order valence-corrected chi connectivity index (χ0v) is 19.3. The molecule has 0 aliphatic heterocycles. The number of anilines is 2. The van der Waals surface area contributed by atoms with Crippen molar-refractivity contribution in [3.8, 4) is 0 Å². The Morgan fingerprint density at radius 3 is 2.27 bits per heavy atom. The minimum atomic E-state index is -0.623. The number of amides is 3. The van der Waals surface area contributed by atoms with Crippen LogP contribution in [-0.4, -0.2) is 28.7 Å². The molecule has 3 N–H and O–H groups in total. The lowest BCUT2D eigenvalue weighted by Gasteiger charge is -2.16. The van der Waals surface area contributed by atoms with E-state index in [4.69, 9.17) is 0 Å². The van der Waals surface area contributed by atoms with Crippen molar-refractivity contribution in [1.29, 1.82) is 0 Å². The maximum Gasteiger partial charge on any atom is 0.267 e. The number of rotatable bonds is 8. The molecule has 2 aromatic rings. The van der Waals surface area contributed by atoms with Gasteiger partial charge in [0.15, 0.2) is 5.13 Å². The van der Waals surface area contributed by atoms with Gasteiger partial charge in [-0.15, -0.1) is 0 Å². The standard InChI is InChI=1S/C22H30N4O3S/c1-7-8-9-17(24-16(6)27)20(28)26-22-23-15(5)19(30-22)21(29)25-18-13(3)10-12(2)11-14(18)4/h10-11,17H,7-9H2,1-6H3,(H,24,27)(H,25,29)(H,23,26,28). The van der Waals surface area contributed by atoms with Crippen LogP contribution < -0.4 is 16.0 Å². The molecule has 0 radical (unpaired) electrons. The number of carbonyl (C=O) groups excluding carboxylic acids is 3. The Labute approximate surface area is 181 Å². The fraction of sp³-hybridized carbons (Fsp3) is 0.455. The van der Waals surface area contributed by atoms with E-state index in [-0.39, 0.29) is 17.7 Å². The van der Waals surface area contributed by atoms with E-state index in [0.29, 0.717) is 22.1 Å². The topological polar surface area (TPSA) is 100 Å². The largest absolute Gasteiger partial charge is 0.345 e. The second-order valence-corrected chi connectivity index (χ2v) is 8.55. The number of hydrogen-bond donors (Lipinski definition) is 3. The lowest BCUT2D eigenvalue weighted by molar-refractivity contribution is -0.125. The summed E-state index contributed by atoms with van der Waals surface area (Å²) in [5, 5.41) is 8.72. The molecule has 0 saturated heterocycles. The van der Waals surface area contributed by atoms with Crippen LogP contribution in [0.1, 0.15) is 65.2 Å². The van der Waals surface area contributed by atoms with Gasteiger partial charge in [0.25, 0.3) is 5.91 Å². The van der Waals surface area contributed by atoms with Gasteiger partial charge in [0.2, 0.25) is 11.8 Å². The van der Waals surface area contributed by atoms with Gasteiger partial charge < -0.3 is 16.0 Å². The first-order valence-corrected chi connectivity index (χ1v) is 10.9. The number of hydrogen-bond acceptors (Lipinski definition) is 5. The quantitative estimate of drug-likeness (QED) is 0.582. The number of thiazole rings is 1. The summed E-state index contributed by atoms with van der Waals surface area (Å²) in [6.07, 6.45) is 2.28. The van der Waals surface area contributed by atoms with Crippen LogP contribution in [0.4, 0.5) is 10.8 Å². The second kappa shape index (κ2) is 10.3. The zero-order valence-electron chi connectivity index (χ0n) is 18.4. The fourth-order valence-electron chi connectivity index (χ4n) is 3.32. The Morgan fingerprint density at radius 1 is 1.07 bits per heavy atom. The van der Waals surface area contributed by atoms with Crippen LogP contribution in [0.2, 0.25) is 0 Å². The van der Waals surface area contributed by atoms with Crippen LogP contribution in [0.25, 0.3) is 0 Å². The van der Waals surface area contributed by atoms with E-state index in [0.717, 1.165) is 46.6 Å². The Morgan fingerprint density at radius 2 is 1.70 bits per heavy atom. The molecule has 0 bridgehead atoms. The number of unbranched alkanes of at least 4 members (excludes halogenated alkanes) is 1. The first-order chi connectivity index (χ1) is 14.1. The normalized spacial score (nSPS) is 11.7. The highest BCUT2D eigenvalue weighted by atomic mass is 32.1. The van der Waals surface area contributed by atoms with Gasteiger partial charge in [-0.05, 0) is 45.2 Å². The van der Waals surface area contributed by atoms with Gasteiger partial charge in [-0.2, -0.15) is 0 Å². The lowest BCUT2D eigenvalue weighted by Crippen LogP contribution is -2.42. The summed E-state index contributed by atoms with van der Waals surface area (Å²) in [4.78, 5) is 41.6. The van der Waals surface area contributed by atoms with Crippen molar-refractivity contribution in [2.45, 2.75) is 66.8 Å². The van der Waals surface area contributed by atoms with E-state index in [1.54, 1.807) is 6.92 Å². The van der Waals surface area contributed by atoms with Crippen molar-refractivity contribution >= 4 is 39.9 Å². The summed E-state index contributed by atoms with van der Waals surface area (Å²) < 4.78 is 0. The van der Waals surface area contributed by atoms with Gasteiger partial charge in [-0.25, -0.2) is 4.98 Å². The monoisotopic (exact) mass is 430 g/mol. The Hall–Kier alpha value is -2.74. The van der Waals surface area contributed by atoms with E-state index in [1.807, 2.05) is 39.8 Å². The molecule has 1 aromatic carbocycles. The van der Waals surface area contributed by atoms with Gasteiger partial charge in [0.1, 0.15) is 10.9 Å². The van der Waals surface area contributed by atoms with Crippen molar-refractivity contribution < 1.29 is 14.4 Å². The van der Waals surface area contributed by atoms with Gasteiger partial charge in [0.05, 0.1) is 5.69 Å². The van der Waals surface area contributed by atoms with Crippen LogP contribution >= 0.6 is 11.3 Å². The molecule has 0 aliphatic carbocycles. The summed E-state index contributed by atoms with van der Waals surface area (Å²) in [7, 11) is 0. The predicted octanol–water partition coefficient (Wildman–Crippen LogP) is 4.26. The van der Waals surface area contributed by atoms with Crippen molar-refractivity contribution in [2.75, 3.05) is 10.6 Å². The van der Waals surface area contributed by atoms with E-state index >= 15 is 0 Å². The minimum absolute atomic E-state index is 0.259. The maximum absolute atomic E-state index is 12.8. The average Bonchev–Trinajstić information content (AvgIpc) is 3.01. The highest BCUT2D eigenvalue weighted by Gasteiger charge is 2.22. The number of benzene rings is 1. The molecule has 7 nitrogen and oxygen atoms in total. The predicted molar refractivity (Wildman–Crippen MR) is 121 cm³/mol. The van der Waals surface area contributed by atoms with Crippen LogP contribution in [0.5, 0.6) is 0 Å². The molecule has 0 spiro atoms. The van der Waals surface area contributed by atoms with E-state index < -0.39 is 6.04 Å². The van der Waals surface area contributed by atoms with Crippen molar-refractivity contribution in [1.82, 2.24) is 10.3 Å². The molecule has 8 heteroatoms. The van der Waals surface area contributed by atoms with Crippen LogP contribution in [0.15, 0.2) is 12.1 Å². The number of nitrogens with zero attached hydrogens (tertiary/aromatic N) is 1. The Balaban J connectivity index is 2.15. The van der Waals surface area contributed by atoms with Gasteiger partial charge >= 0.3 is 0 Å². The molecular weight excluding hydrogens is 400 g/mol. The van der Waals surface area contributed by atoms with Crippen LogP contribution in [0.3, 0.4) is 0 Å². The number of nitrogens with one attached hydrogen (secondary N) is 3. The van der Waals surface area contributed by atoms with Gasteiger partial charge in [-0.3, -0.25) is 14.4 Å². The molecule has 0 saturated carbocycles. The third kappa shape index (κ3) is 6.13. The first-order valence-electron chi connectivity index (χ1n) is 10.1. The first kappa shape index (κ1) is 23.5. The molecule has 0 fully saturated rings. The second-order valence-electron chi connectivity index (χ2n) is 7.55. The lowest BCUT2D eigenvalue weighted by atomic mass is 10.1. The van der Waals surface area contributed by atoms with Gasteiger partial charge in [0, 0.05) is 12.6 Å². The molecule has 30 heavy (non-hydrogen) atoms. The molecule has 3 amide bonds. The third-order valence-corrected chi connectivity index (χ3v) is 5.76. The molecular formula is C22H30N4O3S. The summed E-state index contributed by atoms with van der Waals surface area (Å²) >= 11 is 1.12. The summed E-state index contributed by atoms with van der Waals surface area (Å²) in [5.74, 6) is -0.847. The zero-order chi connectivity index (χ0) is 22.4. The minimum Gasteiger partial charge on any atom is -0.345 e. The summed E-state index contributed by atoms with van der Waals surface area (Å²) in [5.41, 5.74) is 4.45. The Kier molecular flexibility index (Phi) is 8.11. The number of aryl methyl sites for hydroxylation is 4. The SMILES string of the molecule is CCCCC(NC(C)=O)C(=O)Nc1nc(C)c(C(=O)Nc2c(C)cc(C)cc2C)s1. The van der Waals surface area contributed by atoms with Crippen LogP contribution in [0, 0.1) is 27.7 Å². The molecule has 1 unspecified atom stereocenters. The maximum atomic E-state index is 12.8.